The van der Waals surface area contributed by atoms with Crippen molar-refractivity contribution in [3.63, 3.8) is 0 Å². The molecule has 1 aromatic heterocycles. The molecule has 1 heterocycles. The van der Waals surface area contributed by atoms with E-state index in [-0.39, 0.29) is 11.4 Å². The van der Waals surface area contributed by atoms with Crippen LogP contribution in [0.15, 0.2) is 6.07 Å². The zero-order valence-corrected chi connectivity index (χ0v) is 10.6. The molecule has 1 aromatic rings. The summed E-state index contributed by atoms with van der Waals surface area (Å²) in [6, 6.07) is 2.04. The zero-order valence-electron chi connectivity index (χ0n) is 9.80. The Hall–Kier alpha value is -0.870. The topological polar surface area (TPSA) is 55.1 Å². The molecule has 3 nitrogen and oxygen atoms in total. The van der Waals surface area contributed by atoms with Crippen molar-refractivity contribution in [2.24, 2.45) is 5.73 Å². The molecule has 0 spiro atoms. The third-order valence-corrected chi connectivity index (χ3v) is 4.17. The molecule has 0 unspecified atom stereocenters. The minimum atomic E-state index is -0.328. The number of hydrogen-bond acceptors (Lipinski definition) is 3. The highest BCUT2D eigenvalue weighted by atomic mass is 32.1. The molecular weight excluding hydrogens is 220 g/mol. The summed E-state index contributed by atoms with van der Waals surface area (Å²) in [6.07, 6.45) is 3.49. The second-order valence-corrected chi connectivity index (χ2v) is 6.09. The van der Waals surface area contributed by atoms with Crippen LogP contribution < -0.4 is 11.1 Å². The molecule has 0 aliphatic heterocycles. The Morgan fingerprint density at radius 1 is 1.56 bits per heavy atom. The molecule has 2 rings (SSSR count). The van der Waals surface area contributed by atoms with Crippen molar-refractivity contribution in [3.8, 4) is 0 Å². The van der Waals surface area contributed by atoms with Crippen LogP contribution in [0.5, 0.6) is 0 Å². The number of nitrogens with two attached hydrogens (primary N) is 1. The lowest BCUT2D eigenvalue weighted by Gasteiger charge is -2.23. The first kappa shape index (κ1) is 11.6. The van der Waals surface area contributed by atoms with E-state index in [9.17, 15) is 4.79 Å². The molecule has 0 atom stereocenters. The quantitative estimate of drug-likeness (QED) is 0.842. The summed E-state index contributed by atoms with van der Waals surface area (Å²) >= 11 is 1.63. The van der Waals surface area contributed by atoms with Crippen LogP contribution in [-0.4, -0.2) is 18.0 Å². The van der Waals surface area contributed by atoms with Gasteiger partial charge in [-0.3, -0.25) is 4.79 Å². The minimum absolute atomic E-state index is 0.00912. The summed E-state index contributed by atoms with van der Waals surface area (Å²) in [7, 11) is 0. The Morgan fingerprint density at radius 2 is 2.31 bits per heavy atom. The Bertz CT molecular complexity index is 388. The van der Waals surface area contributed by atoms with E-state index in [1.807, 2.05) is 19.9 Å². The number of carbonyl (C=O) groups is 1. The molecule has 16 heavy (non-hydrogen) atoms. The Morgan fingerprint density at radius 3 is 2.94 bits per heavy atom. The highest BCUT2D eigenvalue weighted by Crippen LogP contribution is 2.30. The van der Waals surface area contributed by atoms with Gasteiger partial charge >= 0.3 is 0 Å². The van der Waals surface area contributed by atoms with Crippen molar-refractivity contribution in [1.82, 2.24) is 5.32 Å². The van der Waals surface area contributed by atoms with E-state index in [4.69, 9.17) is 5.73 Å². The van der Waals surface area contributed by atoms with Gasteiger partial charge < -0.3 is 11.1 Å². The van der Waals surface area contributed by atoms with E-state index < -0.39 is 0 Å². The van der Waals surface area contributed by atoms with Gasteiger partial charge in [0, 0.05) is 17.0 Å². The number of hydrogen-bond donors (Lipinski definition) is 2. The smallest absolute Gasteiger partial charge is 0.261 e. The molecule has 88 valence electrons. The summed E-state index contributed by atoms with van der Waals surface area (Å²) in [5.41, 5.74) is 6.63. The van der Waals surface area contributed by atoms with Crippen molar-refractivity contribution in [2.45, 2.75) is 38.6 Å². The zero-order chi connectivity index (χ0) is 11.8. The molecule has 0 fully saturated rings. The maximum Gasteiger partial charge on any atom is 0.261 e. The summed E-state index contributed by atoms with van der Waals surface area (Å²) in [6.45, 7) is 4.32. The predicted octanol–water partition coefficient (Wildman–Crippen LogP) is 1.70. The van der Waals surface area contributed by atoms with Crippen molar-refractivity contribution < 1.29 is 4.79 Å². The molecule has 3 N–H and O–H groups in total. The predicted molar refractivity (Wildman–Crippen MR) is 66.9 cm³/mol. The number of aryl methyl sites for hydroxylation is 2. The summed E-state index contributed by atoms with van der Waals surface area (Å²) in [5, 5.41) is 2.96. The Kier molecular flexibility index (Phi) is 3.04. The van der Waals surface area contributed by atoms with Gasteiger partial charge in [-0.25, -0.2) is 0 Å². The monoisotopic (exact) mass is 238 g/mol. The van der Waals surface area contributed by atoms with Crippen LogP contribution in [0.3, 0.4) is 0 Å². The van der Waals surface area contributed by atoms with Crippen LogP contribution in [0.4, 0.5) is 0 Å². The molecule has 0 bridgehead atoms. The third kappa shape index (κ3) is 2.28. The lowest BCUT2D eigenvalue weighted by atomic mass is 10.1. The van der Waals surface area contributed by atoms with Gasteiger partial charge in [-0.15, -0.1) is 11.3 Å². The average Bonchev–Trinajstić information content (AvgIpc) is 2.75. The van der Waals surface area contributed by atoms with Crippen LogP contribution in [0.1, 0.15) is 40.4 Å². The normalized spacial score (nSPS) is 14.9. The maximum atomic E-state index is 12.0. The standard InChI is InChI=1S/C12H18N2OS/c1-12(2,7-13)14-11(15)10-6-8-4-3-5-9(8)16-10/h6H,3-5,7,13H2,1-2H3,(H,14,15). The number of amides is 1. The van der Waals surface area contributed by atoms with E-state index in [1.54, 1.807) is 11.3 Å². The van der Waals surface area contributed by atoms with E-state index in [2.05, 4.69) is 5.32 Å². The van der Waals surface area contributed by atoms with Gasteiger partial charge in [0.2, 0.25) is 0 Å². The Labute approximate surface area is 100 Å². The van der Waals surface area contributed by atoms with Gasteiger partial charge in [0.15, 0.2) is 0 Å². The van der Waals surface area contributed by atoms with Gasteiger partial charge in [-0.1, -0.05) is 0 Å². The fourth-order valence-electron chi connectivity index (χ4n) is 1.86. The number of fused-ring (bicyclic) bond motifs is 1. The highest BCUT2D eigenvalue weighted by Gasteiger charge is 2.23. The highest BCUT2D eigenvalue weighted by molar-refractivity contribution is 7.14. The van der Waals surface area contributed by atoms with Crippen LogP contribution in [0, 0.1) is 0 Å². The third-order valence-electron chi connectivity index (χ3n) is 2.93. The average molecular weight is 238 g/mol. The Balaban J connectivity index is 2.10. The first-order valence-corrected chi connectivity index (χ1v) is 6.48. The molecule has 0 saturated carbocycles. The molecule has 1 aliphatic rings. The molecule has 1 amide bonds. The molecule has 0 radical (unpaired) electrons. The second kappa shape index (κ2) is 4.18. The fourth-order valence-corrected chi connectivity index (χ4v) is 3.01. The van der Waals surface area contributed by atoms with Crippen LogP contribution in [0.25, 0.3) is 0 Å². The first-order valence-electron chi connectivity index (χ1n) is 5.66. The minimum Gasteiger partial charge on any atom is -0.345 e. The summed E-state index contributed by atoms with van der Waals surface area (Å²) in [5.74, 6) is 0.00912. The molecule has 1 aliphatic carbocycles. The van der Waals surface area contributed by atoms with Gasteiger partial charge in [-0.05, 0) is 44.7 Å². The van der Waals surface area contributed by atoms with E-state index >= 15 is 0 Å². The molecule has 0 aromatic carbocycles. The van der Waals surface area contributed by atoms with Gasteiger partial charge in [-0.2, -0.15) is 0 Å². The van der Waals surface area contributed by atoms with Crippen LogP contribution in [-0.2, 0) is 12.8 Å². The summed E-state index contributed by atoms with van der Waals surface area (Å²) in [4.78, 5) is 14.2. The second-order valence-electron chi connectivity index (χ2n) is 4.95. The molecular formula is C12H18N2OS. The number of nitrogens with one attached hydrogen (secondary N) is 1. The maximum absolute atomic E-state index is 12.0. The molecule has 0 saturated heterocycles. The van der Waals surface area contributed by atoms with Crippen molar-refractivity contribution in [2.75, 3.05) is 6.54 Å². The first-order chi connectivity index (χ1) is 7.52. The fraction of sp³-hybridized carbons (Fsp3) is 0.583. The molecule has 4 heteroatoms. The number of thiophene rings is 1. The van der Waals surface area contributed by atoms with E-state index in [0.29, 0.717) is 6.54 Å². The van der Waals surface area contributed by atoms with Crippen LogP contribution >= 0.6 is 11.3 Å². The number of carbonyl (C=O) groups excluding carboxylic acids is 1. The van der Waals surface area contributed by atoms with Gasteiger partial charge in [0.1, 0.15) is 0 Å². The van der Waals surface area contributed by atoms with Crippen molar-refractivity contribution in [1.29, 1.82) is 0 Å². The summed E-state index contributed by atoms with van der Waals surface area (Å²) < 4.78 is 0. The van der Waals surface area contributed by atoms with Crippen molar-refractivity contribution in [3.05, 3.63) is 21.4 Å². The lowest BCUT2D eigenvalue weighted by molar-refractivity contribution is 0.0920. The van der Waals surface area contributed by atoms with E-state index in [1.165, 1.54) is 16.9 Å². The van der Waals surface area contributed by atoms with Gasteiger partial charge in [0.25, 0.3) is 5.91 Å². The SMILES string of the molecule is CC(C)(CN)NC(=O)c1cc2c(s1)CCC2. The number of rotatable bonds is 3. The van der Waals surface area contributed by atoms with Gasteiger partial charge in [0.05, 0.1) is 4.88 Å². The van der Waals surface area contributed by atoms with E-state index in [0.717, 1.165) is 17.7 Å². The largest absolute Gasteiger partial charge is 0.345 e. The van der Waals surface area contributed by atoms with Crippen LogP contribution in [0.2, 0.25) is 0 Å². The van der Waals surface area contributed by atoms with Crippen molar-refractivity contribution >= 4 is 17.2 Å². The lowest BCUT2D eigenvalue weighted by Crippen LogP contribution is -2.48.